The van der Waals surface area contributed by atoms with Gasteiger partial charge in [0, 0.05) is 38.6 Å². The van der Waals surface area contributed by atoms with E-state index < -0.39 is 10.2 Å². The molecule has 0 bridgehead atoms. The molecule has 0 aliphatic carbocycles. The molecule has 1 saturated heterocycles. The third-order valence-electron chi connectivity index (χ3n) is 5.03. The van der Waals surface area contributed by atoms with Gasteiger partial charge in [-0.2, -0.15) is 17.0 Å². The molecule has 0 spiro atoms. The minimum absolute atomic E-state index is 0.0763. The lowest BCUT2D eigenvalue weighted by atomic mass is 9.88. The Hall–Kier alpha value is -0.660. The second-order valence-corrected chi connectivity index (χ2v) is 8.44. The summed E-state index contributed by atoms with van der Waals surface area (Å²) in [5.41, 5.74) is -0.121. The van der Waals surface area contributed by atoms with Crippen LogP contribution in [0.1, 0.15) is 52.9 Å². The summed E-state index contributed by atoms with van der Waals surface area (Å²) in [7, 11) is -0.295. The van der Waals surface area contributed by atoms with Crippen molar-refractivity contribution >= 4 is 16.1 Å². The fourth-order valence-corrected chi connectivity index (χ4v) is 4.09. The number of hydrogen-bond acceptors (Lipinski definition) is 3. The first-order chi connectivity index (χ1) is 10.2. The molecule has 0 unspecified atom stereocenters. The van der Waals surface area contributed by atoms with E-state index in [0.717, 1.165) is 19.3 Å². The Bertz CT molecular complexity index is 456. The average Bonchev–Trinajstić information content (AvgIpc) is 2.52. The van der Waals surface area contributed by atoms with E-state index in [1.807, 2.05) is 0 Å². The van der Waals surface area contributed by atoms with Crippen molar-refractivity contribution in [3.63, 3.8) is 0 Å². The molecule has 1 aliphatic rings. The van der Waals surface area contributed by atoms with Gasteiger partial charge in [0.15, 0.2) is 0 Å². The van der Waals surface area contributed by atoms with Gasteiger partial charge in [0.2, 0.25) is 5.91 Å². The van der Waals surface area contributed by atoms with Crippen LogP contribution in [0.5, 0.6) is 0 Å². The maximum absolute atomic E-state index is 12.5. The standard InChI is InChI=1S/C15H31N3O3S/c1-6-15(7-2,8-3)16-14(19)13-9-11-18(12-10-13)22(20,21)17(4)5/h13H,6-12H2,1-5H3,(H,16,19). The monoisotopic (exact) mass is 333 g/mol. The lowest BCUT2D eigenvalue weighted by Crippen LogP contribution is -2.52. The molecular formula is C15H31N3O3S. The van der Waals surface area contributed by atoms with E-state index >= 15 is 0 Å². The first-order valence-corrected chi connectivity index (χ1v) is 9.61. The quantitative estimate of drug-likeness (QED) is 0.769. The van der Waals surface area contributed by atoms with Gasteiger partial charge in [0.25, 0.3) is 10.2 Å². The third-order valence-corrected chi connectivity index (χ3v) is 6.97. The van der Waals surface area contributed by atoms with Crippen LogP contribution in [0.3, 0.4) is 0 Å². The van der Waals surface area contributed by atoms with Crippen LogP contribution in [0.4, 0.5) is 0 Å². The Kier molecular flexibility index (Phi) is 6.83. The summed E-state index contributed by atoms with van der Waals surface area (Å²) < 4.78 is 26.8. The highest BCUT2D eigenvalue weighted by Gasteiger charge is 2.34. The highest BCUT2D eigenvalue weighted by atomic mass is 32.2. The summed E-state index contributed by atoms with van der Waals surface area (Å²) >= 11 is 0. The highest BCUT2D eigenvalue weighted by molar-refractivity contribution is 7.86. The van der Waals surface area contributed by atoms with Crippen LogP contribution in [-0.4, -0.2) is 55.7 Å². The summed E-state index contributed by atoms with van der Waals surface area (Å²) in [6.07, 6.45) is 3.93. The van der Waals surface area contributed by atoms with Gasteiger partial charge in [-0.15, -0.1) is 0 Å². The van der Waals surface area contributed by atoms with E-state index in [1.165, 1.54) is 22.7 Å². The first-order valence-electron chi connectivity index (χ1n) is 8.22. The Balaban J connectivity index is 2.63. The van der Waals surface area contributed by atoms with Gasteiger partial charge < -0.3 is 5.32 Å². The van der Waals surface area contributed by atoms with Gasteiger partial charge in [0.05, 0.1) is 0 Å². The maximum Gasteiger partial charge on any atom is 0.281 e. The second-order valence-electron chi connectivity index (χ2n) is 6.29. The minimum atomic E-state index is -3.36. The molecule has 7 heteroatoms. The van der Waals surface area contributed by atoms with Crippen LogP contribution in [-0.2, 0) is 15.0 Å². The molecule has 0 saturated carbocycles. The van der Waals surface area contributed by atoms with E-state index in [-0.39, 0.29) is 17.4 Å². The molecule has 0 radical (unpaired) electrons. The normalized spacial score (nSPS) is 18.6. The second kappa shape index (κ2) is 7.75. The zero-order valence-corrected chi connectivity index (χ0v) is 15.4. The van der Waals surface area contributed by atoms with Gasteiger partial charge in [-0.25, -0.2) is 0 Å². The summed E-state index contributed by atoms with van der Waals surface area (Å²) in [4.78, 5) is 12.5. The largest absolute Gasteiger partial charge is 0.350 e. The molecule has 22 heavy (non-hydrogen) atoms. The van der Waals surface area contributed by atoms with Crippen molar-refractivity contribution in [2.45, 2.75) is 58.4 Å². The molecule has 0 aromatic rings. The Morgan fingerprint density at radius 3 is 1.95 bits per heavy atom. The molecule has 6 nitrogen and oxygen atoms in total. The third kappa shape index (κ3) is 4.20. The average molecular weight is 333 g/mol. The number of amides is 1. The number of piperidine rings is 1. The zero-order chi connectivity index (χ0) is 17.0. The fourth-order valence-electron chi connectivity index (χ4n) is 2.96. The van der Waals surface area contributed by atoms with E-state index in [9.17, 15) is 13.2 Å². The minimum Gasteiger partial charge on any atom is -0.350 e. The van der Waals surface area contributed by atoms with E-state index in [2.05, 4.69) is 26.1 Å². The summed E-state index contributed by atoms with van der Waals surface area (Å²) in [5.74, 6) is -0.00918. The molecule has 1 N–H and O–H groups in total. The predicted molar refractivity (Wildman–Crippen MR) is 88.7 cm³/mol. The molecular weight excluding hydrogens is 302 g/mol. The van der Waals surface area contributed by atoms with E-state index in [4.69, 9.17) is 0 Å². The molecule has 1 rings (SSSR count). The van der Waals surface area contributed by atoms with Gasteiger partial charge in [0.1, 0.15) is 0 Å². The van der Waals surface area contributed by atoms with Crippen molar-refractivity contribution in [3.8, 4) is 0 Å². The molecule has 130 valence electrons. The van der Waals surface area contributed by atoms with Crippen molar-refractivity contribution in [2.75, 3.05) is 27.2 Å². The lowest BCUT2D eigenvalue weighted by Gasteiger charge is -2.36. The molecule has 1 heterocycles. The van der Waals surface area contributed by atoms with Crippen molar-refractivity contribution < 1.29 is 13.2 Å². The van der Waals surface area contributed by atoms with Crippen LogP contribution in [0.2, 0.25) is 0 Å². The molecule has 0 aromatic carbocycles. The highest BCUT2D eigenvalue weighted by Crippen LogP contribution is 2.24. The van der Waals surface area contributed by atoms with Crippen molar-refractivity contribution in [1.29, 1.82) is 0 Å². The topological polar surface area (TPSA) is 69.7 Å². The number of carbonyl (C=O) groups is 1. The van der Waals surface area contributed by atoms with Gasteiger partial charge in [-0.3, -0.25) is 4.79 Å². The Morgan fingerprint density at radius 1 is 1.14 bits per heavy atom. The number of hydrogen-bond donors (Lipinski definition) is 1. The molecule has 1 amide bonds. The molecule has 1 fully saturated rings. The van der Waals surface area contributed by atoms with Crippen molar-refractivity contribution in [1.82, 2.24) is 13.9 Å². The van der Waals surface area contributed by atoms with Crippen molar-refractivity contribution in [3.05, 3.63) is 0 Å². The zero-order valence-electron chi connectivity index (χ0n) is 14.6. The first kappa shape index (κ1) is 19.4. The van der Waals surface area contributed by atoms with Gasteiger partial charge in [-0.1, -0.05) is 20.8 Å². The lowest BCUT2D eigenvalue weighted by molar-refractivity contribution is -0.128. The summed E-state index contributed by atoms with van der Waals surface area (Å²) in [6, 6.07) is 0. The summed E-state index contributed by atoms with van der Waals surface area (Å²) in [5, 5.41) is 3.21. The van der Waals surface area contributed by atoms with Crippen LogP contribution >= 0.6 is 0 Å². The SMILES string of the molecule is CCC(CC)(CC)NC(=O)C1CCN(S(=O)(=O)N(C)C)CC1. The summed E-state index contributed by atoms with van der Waals surface area (Å²) in [6.45, 7) is 7.12. The number of carbonyl (C=O) groups excluding carboxylic acids is 1. The number of nitrogens with one attached hydrogen (secondary N) is 1. The smallest absolute Gasteiger partial charge is 0.281 e. The number of rotatable bonds is 7. The van der Waals surface area contributed by atoms with Crippen LogP contribution in [0.15, 0.2) is 0 Å². The van der Waals surface area contributed by atoms with E-state index in [0.29, 0.717) is 25.9 Å². The van der Waals surface area contributed by atoms with Crippen LogP contribution in [0, 0.1) is 5.92 Å². The van der Waals surface area contributed by atoms with Gasteiger partial charge >= 0.3 is 0 Å². The van der Waals surface area contributed by atoms with Crippen LogP contribution < -0.4 is 5.32 Å². The molecule has 0 atom stereocenters. The molecule has 0 aromatic heterocycles. The maximum atomic E-state index is 12.5. The van der Waals surface area contributed by atoms with Gasteiger partial charge in [-0.05, 0) is 32.1 Å². The fraction of sp³-hybridized carbons (Fsp3) is 0.933. The predicted octanol–water partition coefficient (Wildman–Crippen LogP) is 1.59. The van der Waals surface area contributed by atoms with Crippen LogP contribution in [0.25, 0.3) is 0 Å². The number of nitrogens with zero attached hydrogens (tertiary/aromatic N) is 2. The van der Waals surface area contributed by atoms with E-state index in [1.54, 1.807) is 0 Å². The van der Waals surface area contributed by atoms with Crippen molar-refractivity contribution in [2.24, 2.45) is 5.92 Å². The Labute approximate surface area is 135 Å². The Morgan fingerprint density at radius 2 is 1.59 bits per heavy atom. The molecule has 1 aliphatic heterocycles.